The average molecular weight is 372 g/mol. The molecule has 0 unspecified atom stereocenters. The Hall–Kier alpha value is -2.04. The zero-order chi connectivity index (χ0) is 19.6. The van der Waals surface area contributed by atoms with Gasteiger partial charge in [0.25, 0.3) is 0 Å². The Morgan fingerprint density at radius 1 is 1.11 bits per heavy atom. The van der Waals surface area contributed by atoms with Crippen LogP contribution >= 0.6 is 0 Å². The van der Waals surface area contributed by atoms with Crippen molar-refractivity contribution in [3.05, 3.63) is 29.3 Å². The molecular weight excluding hydrogens is 338 g/mol. The molecule has 1 saturated heterocycles. The molecule has 1 aromatic rings. The topological polar surface area (TPSA) is 52.7 Å². The Labute approximate surface area is 163 Å². The summed E-state index contributed by atoms with van der Waals surface area (Å²) >= 11 is 0. The second kappa shape index (κ2) is 7.91. The van der Waals surface area contributed by atoms with Crippen molar-refractivity contribution in [2.24, 2.45) is 11.3 Å². The third-order valence-corrected chi connectivity index (χ3v) is 6.08. The Balaban J connectivity index is 1.57. The number of amides is 2. The molecule has 0 bridgehead atoms. The fourth-order valence-corrected chi connectivity index (χ4v) is 3.84. The third kappa shape index (κ3) is 4.12. The number of hydrogen-bond acceptors (Lipinski definition) is 3. The molecule has 1 heterocycles. The van der Waals surface area contributed by atoms with Gasteiger partial charge in [0, 0.05) is 38.4 Å². The fraction of sp³-hybridized carbons (Fsp3) is 0.636. The van der Waals surface area contributed by atoms with Crippen molar-refractivity contribution in [3.8, 4) is 0 Å². The molecule has 1 aromatic carbocycles. The molecule has 27 heavy (non-hydrogen) atoms. The molecule has 0 aromatic heterocycles. The molecule has 1 aliphatic carbocycles. The normalized spacial score (nSPS) is 18.6. The van der Waals surface area contributed by atoms with E-state index in [4.69, 9.17) is 0 Å². The zero-order valence-electron chi connectivity index (χ0n) is 17.2. The summed E-state index contributed by atoms with van der Waals surface area (Å²) in [4.78, 5) is 29.9. The molecule has 2 fully saturated rings. The number of rotatable bonds is 6. The van der Waals surface area contributed by atoms with Gasteiger partial charge in [-0.2, -0.15) is 0 Å². The van der Waals surface area contributed by atoms with Crippen LogP contribution in [0.25, 0.3) is 0 Å². The Bertz CT molecular complexity index is 702. The molecule has 3 rings (SSSR count). The second-order valence-corrected chi connectivity index (χ2v) is 8.52. The van der Waals surface area contributed by atoms with Crippen molar-refractivity contribution in [2.75, 3.05) is 37.6 Å². The minimum Gasteiger partial charge on any atom is -0.368 e. The lowest BCUT2D eigenvalue weighted by atomic mass is 10.0. The van der Waals surface area contributed by atoms with Crippen LogP contribution in [-0.2, 0) is 9.59 Å². The first-order valence-electron chi connectivity index (χ1n) is 10.2. The predicted molar refractivity (Wildman–Crippen MR) is 109 cm³/mol. The van der Waals surface area contributed by atoms with Crippen molar-refractivity contribution >= 4 is 17.5 Å². The zero-order valence-corrected chi connectivity index (χ0v) is 17.2. The van der Waals surface area contributed by atoms with Crippen molar-refractivity contribution in [3.63, 3.8) is 0 Å². The lowest BCUT2D eigenvalue weighted by molar-refractivity contribution is -0.144. The Kier molecular flexibility index (Phi) is 5.78. The number of benzene rings is 1. The third-order valence-electron chi connectivity index (χ3n) is 6.08. The summed E-state index contributed by atoms with van der Waals surface area (Å²) in [6.07, 6.45) is 2.33. The number of anilines is 1. The molecule has 1 N–H and O–H groups in total. The molecule has 0 atom stereocenters. The van der Waals surface area contributed by atoms with Gasteiger partial charge in [-0.1, -0.05) is 26.0 Å². The number of carbonyl (C=O) groups is 2. The van der Waals surface area contributed by atoms with E-state index in [1.165, 1.54) is 16.8 Å². The summed E-state index contributed by atoms with van der Waals surface area (Å²) in [5.41, 5.74) is 3.08. The monoisotopic (exact) mass is 371 g/mol. The minimum atomic E-state index is -0.779. The molecule has 2 aliphatic rings. The van der Waals surface area contributed by atoms with Gasteiger partial charge in [0.15, 0.2) is 0 Å². The highest BCUT2D eigenvalue weighted by Crippen LogP contribution is 2.47. The highest BCUT2D eigenvalue weighted by Gasteiger charge is 2.58. The van der Waals surface area contributed by atoms with Crippen LogP contribution in [0.15, 0.2) is 18.2 Å². The van der Waals surface area contributed by atoms with E-state index < -0.39 is 5.41 Å². The lowest BCUT2D eigenvalue weighted by Gasteiger charge is -2.38. The standard InChI is InChI=1S/C22H33N3O2/c1-16(2)8-11-23-20(26)22(9-10-22)21(27)25-14-12-24(13-15-25)19-7-5-6-17(3)18(19)4/h5-7,16H,8-15H2,1-4H3,(H,23,26). The van der Waals surface area contributed by atoms with Gasteiger partial charge in [0.1, 0.15) is 5.41 Å². The average Bonchev–Trinajstić information content (AvgIpc) is 3.45. The van der Waals surface area contributed by atoms with Gasteiger partial charge in [0.2, 0.25) is 11.8 Å². The first kappa shape index (κ1) is 19.7. The summed E-state index contributed by atoms with van der Waals surface area (Å²) in [6, 6.07) is 6.38. The maximum atomic E-state index is 13.0. The number of nitrogens with zero attached hydrogens (tertiary/aromatic N) is 2. The molecule has 1 aliphatic heterocycles. The summed E-state index contributed by atoms with van der Waals surface area (Å²) < 4.78 is 0. The SMILES string of the molecule is Cc1cccc(N2CCN(C(=O)C3(C(=O)NCCC(C)C)CC3)CC2)c1C. The first-order chi connectivity index (χ1) is 12.8. The number of aryl methyl sites for hydroxylation is 1. The molecule has 0 radical (unpaired) electrons. The van der Waals surface area contributed by atoms with Crippen molar-refractivity contribution in [1.82, 2.24) is 10.2 Å². The lowest BCUT2D eigenvalue weighted by Crippen LogP contribution is -2.53. The maximum Gasteiger partial charge on any atom is 0.238 e. The summed E-state index contributed by atoms with van der Waals surface area (Å²) in [7, 11) is 0. The van der Waals surface area contributed by atoms with Gasteiger partial charge in [-0.25, -0.2) is 0 Å². The summed E-state index contributed by atoms with van der Waals surface area (Å²) in [5, 5.41) is 2.99. The Morgan fingerprint density at radius 2 is 1.78 bits per heavy atom. The molecule has 5 heteroatoms. The number of nitrogens with one attached hydrogen (secondary N) is 1. The van der Waals surface area contributed by atoms with E-state index in [-0.39, 0.29) is 11.8 Å². The summed E-state index contributed by atoms with van der Waals surface area (Å²) in [5.74, 6) is 0.518. The largest absolute Gasteiger partial charge is 0.368 e. The quantitative estimate of drug-likeness (QED) is 0.783. The van der Waals surface area contributed by atoms with Crippen LogP contribution in [-0.4, -0.2) is 49.4 Å². The van der Waals surface area contributed by atoms with Gasteiger partial charge < -0.3 is 15.1 Å². The van der Waals surface area contributed by atoms with Crippen LogP contribution in [0.1, 0.15) is 44.2 Å². The minimum absolute atomic E-state index is 0.0326. The van der Waals surface area contributed by atoms with Crippen LogP contribution in [0.5, 0.6) is 0 Å². The number of piperazine rings is 1. The van der Waals surface area contributed by atoms with Gasteiger partial charge >= 0.3 is 0 Å². The van der Waals surface area contributed by atoms with Crippen molar-refractivity contribution in [1.29, 1.82) is 0 Å². The van der Waals surface area contributed by atoms with E-state index in [9.17, 15) is 9.59 Å². The van der Waals surface area contributed by atoms with E-state index in [0.717, 1.165) is 19.5 Å². The van der Waals surface area contributed by atoms with E-state index in [1.807, 2.05) is 4.90 Å². The van der Waals surface area contributed by atoms with E-state index in [2.05, 4.69) is 56.1 Å². The molecule has 2 amide bonds. The van der Waals surface area contributed by atoms with Crippen LogP contribution in [0.4, 0.5) is 5.69 Å². The van der Waals surface area contributed by atoms with Crippen molar-refractivity contribution < 1.29 is 9.59 Å². The van der Waals surface area contributed by atoms with Gasteiger partial charge in [-0.3, -0.25) is 9.59 Å². The fourth-order valence-electron chi connectivity index (χ4n) is 3.84. The van der Waals surface area contributed by atoms with Crippen LogP contribution < -0.4 is 10.2 Å². The highest BCUT2D eigenvalue weighted by molar-refractivity contribution is 6.07. The van der Waals surface area contributed by atoms with Crippen molar-refractivity contribution in [2.45, 2.75) is 47.0 Å². The van der Waals surface area contributed by atoms with E-state index in [0.29, 0.717) is 38.4 Å². The van der Waals surface area contributed by atoms with Crippen LogP contribution in [0, 0.1) is 25.2 Å². The summed E-state index contributed by atoms with van der Waals surface area (Å²) in [6.45, 7) is 12.2. The van der Waals surface area contributed by atoms with Gasteiger partial charge in [0.05, 0.1) is 0 Å². The number of carbonyl (C=O) groups excluding carboxylic acids is 2. The number of hydrogen-bond donors (Lipinski definition) is 1. The molecule has 5 nitrogen and oxygen atoms in total. The van der Waals surface area contributed by atoms with Gasteiger partial charge in [-0.05, 0) is 56.2 Å². The van der Waals surface area contributed by atoms with Gasteiger partial charge in [-0.15, -0.1) is 0 Å². The van der Waals surface area contributed by atoms with Crippen LogP contribution in [0.2, 0.25) is 0 Å². The molecule has 0 spiro atoms. The maximum absolute atomic E-state index is 13.0. The molecular formula is C22H33N3O2. The molecule has 1 saturated carbocycles. The van der Waals surface area contributed by atoms with Crippen LogP contribution in [0.3, 0.4) is 0 Å². The van der Waals surface area contributed by atoms with E-state index >= 15 is 0 Å². The Morgan fingerprint density at radius 3 is 2.37 bits per heavy atom. The second-order valence-electron chi connectivity index (χ2n) is 8.52. The molecule has 148 valence electrons. The van der Waals surface area contributed by atoms with E-state index in [1.54, 1.807) is 0 Å². The highest BCUT2D eigenvalue weighted by atomic mass is 16.2. The smallest absolute Gasteiger partial charge is 0.238 e. The first-order valence-corrected chi connectivity index (χ1v) is 10.2. The predicted octanol–water partition coefficient (Wildman–Crippen LogP) is 2.89.